The molecule has 0 aliphatic carbocycles. The van der Waals surface area contributed by atoms with Gasteiger partial charge in [0, 0.05) is 13.1 Å². The standard InChI is InChI=1S/C21H23N5O2S/c1-15-8-9-16(2)18(14-15)26-21(22-23-24-26)29-19(17-6-4-3-5-7-17)20(27)25-10-12-28-13-11-25/h3-9,14,19H,10-13H2,1-2H3/t19-/m1/s1. The Morgan fingerprint density at radius 1 is 1.10 bits per heavy atom. The molecule has 1 aromatic heterocycles. The number of aromatic nitrogens is 4. The summed E-state index contributed by atoms with van der Waals surface area (Å²) < 4.78 is 7.12. The van der Waals surface area contributed by atoms with Crippen LogP contribution >= 0.6 is 11.8 Å². The number of thioether (sulfide) groups is 1. The number of rotatable bonds is 5. The van der Waals surface area contributed by atoms with Gasteiger partial charge in [0.15, 0.2) is 0 Å². The van der Waals surface area contributed by atoms with Crippen molar-refractivity contribution in [2.75, 3.05) is 26.3 Å². The van der Waals surface area contributed by atoms with Crippen LogP contribution in [0, 0.1) is 13.8 Å². The van der Waals surface area contributed by atoms with E-state index in [9.17, 15) is 4.79 Å². The molecule has 1 atom stereocenters. The maximum atomic E-state index is 13.4. The van der Waals surface area contributed by atoms with E-state index in [1.165, 1.54) is 11.8 Å². The van der Waals surface area contributed by atoms with Crippen LogP contribution in [0.2, 0.25) is 0 Å². The van der Waals surface area contributed by atoms with E-state index in [1.54, 1.807) is 4.68 Å². The second kappa shape index (κ2) is 8.75. The zero-order chi connectivity index (χ0) is 20.2. The molecule has 0 radical (unpaired) electrons. The lowest BCUT2D eigenvalue weighted by Crippen LogP contribution is -2.42. The van der Waals surface area contributed by atoms with Crippen molar-refractivity contribution in [3.63, 3.8) is 0 Å². The number of ether oxygens (including phenoxy) is 1. The number of hydrogen-bond acceptors (Lipinski definition) is 6. The van der Waals surface area contributed by atoms with Crippen LogP contribution in [0.25, 0.3) is 5.69 Å². The molecular formula is C21H23N5O2S. The van der Waals surface area contributed by atoms with Gasteiger partial charge in [-0.1, -0.05) is 54.2 Å². The van der Waals surface area contributed by atoms with Gasteiger partial charge in [-0.2, -0.15) is 4.68 Å². The summed E-state index contributed by atoms with van der Waals surface area (Å²) >= 11 is 1.38. The number of tetrazole rings is 1. The summed E-state index contributed by atoms with van der Waals surface area (Å²) in [5.41, 5.74) is 4.05. The number of hydrogen-bond donors (Lipinski definition) is 0. The van der Waals surface area contributed by atoms with Crippen LogP contribution < -0.4 is 0 Å². The Bertz CT molecular complexity index is 986. The van der Waals surface area contributed by atoms with E-state index in [0.29, 0.717) is 31.5 Å². The van der Waals surface area contributed by atoms with Crippen molar-refractivity contribution >= 4 is 17.7 Å². The normalized spacial score (nSPS) is 15.3. The fourth-order valence-electron chi connectivity index (χ4n) is 3.30. The molecule has 7 nitrogen and oxygen atoms in total. The Labute approximate surface area is 174 Å². The van der Waals surface area contributed by atoms with Crippen LogP contribution in [0.5, 0.6) is 0 Å². The van der Waals surface area contributed by atoms with Crippen LogP contribution in [0.4, 0.5) is 0 Å². The van der Waals surface area contributed by atoms with E-state index < -0.39 is 5.25 Å². The maximum absolute atomic E-state index is 13.4. The maximum Gasteiger partial charge on any atom is 0.240 e. The van der Waals surface area contributed by atoms with Gasteiger partial charge in [0.05, 0.1) is 18.9 Å². The summed E-state index contributed by atoms with van der Waals surface area (Å²) in [6, 6.07) is 16.0. The van der Waals surface area contributed by atoms with Gasteiger partial charge in [-0.25, -0.2) is 0 Å². The van der Waals surface area contributed by atoms with Crippen molar-refractivity contribution in [1.29, 1.82) is 0 Å². The fraction of sp³-hybridized carbons (Fsp3) is 0.333. The van der Waals surface area contributed by atoms with Crippen LogP contribution in [0.1, 0.15) is 21.9 Å². The Balaban J connectivity index is 1.68. The molecule has 0 saturated carbocycles. The minimum atomic E-state index is -0.427. The first kappa shape index (κ1) is 19.6. The molecule has 0 N–H and O–H groups in total. The second-order valence-corrected chi connectivity index (χ2v) is 8.08. The molecule has 1 fully saturated rings. The number of carbonyl (C=O) groups is 1. The zero-order valence-corrected chi connectivity index (χ0v) is 17.3. The SMILES string of the molecule is Cc1ccc(C)c(-n2nnnc2S[C@@H](C(=O)N2CCOCC2)c2ccccc2)c1. The zero-order valence-electron chi connectivity index (χ0n) is 16.5. The Hall–Kier alpha value is -2.71. The van der Waals surface area contributed by atoms with E-state index in [-0.39, 0.29) is 5.91 Å². The van der Waals surface area contributed by atoms with Crippen molar-refractivity contribution in [3.8, 4) is 5.69 Å². The first-order valence-corrected chi connectivity index (χ1v) is 10.5. The van der Waals surface area contributed by atoms with E-state index in [0.717, 1.165) is 22.4 Å². The highest BCUT2D eigenvalue weighted by Crippen LogP contribution is 2.36. The van der Waals surface area contributed by atoms with Gasteiger partial charge >= 0.3 is 0 Å². The van der Waals surface area contributed by atoms with Crippen LogP contribution in [0.15, 0.2) is 53.7 Å². The van der Waals surface area contributed by atoms with E-state index in [4.69, 9.17) is 4.74 Å². The number of benzene rings is 2. The highest BCUT2D eigenvalue weighted by atomic mass is 32.2. The van der Waals surface area contributed by atoms with Crippen LogP contribution in [-0.4, -0.2) is 57.3 Å². The molecule has 1 saturated heterocycles. The summed E-state index contributed by atoms with van der Waals surface area (Å²) in [5.74, 6) is 0.0556. The van der Waals surface area contributed by atoms with Gasteiger partial charge in [-0.15, -0.1) is 5.10 Å². The van der Waals surface area contributed by atoms with Crippen molar-refractivity contribution in [1.82, 2.24) is 25.1 Å². The van der Waals surface area contributed by atoms with Gasteiger partial charge in [0.2, 0.25) is 11.1 Å². The van der Waals surface area contributed by atoms with Crippen molar-refractivity contribution in [3.05, 3.63) is 65.2 Å². The molecule has 3 aromatic rings. The summed E-state index contributed by atoms with van der Waals surface area (Å²) in [4.78, 5) is 15.2. The van der Waals surface area contributed by atoms with Gasteiger partial charge in [-0.05, 0) is 47.0 Å². The number of morpholine rings is 1. The third kappa shape index (κ3) is 4.33. The summed E-state index contributed by atoms with van der Waals surface area (Å²) in [6.45, 7) is 6.40. The molecule has 8 heteroatoms. The number of carbonyl (C=O) groups excluding carboxylic acids is 1. The first-order valence-electron chi connectivity index (χ1n) is 9.57. The molecule has 0 bridgehead atoms. The minimum absolute atomic E-state index is 0.0556. The van der Waals surface area contributed by atoms with E-state index >= 15 is 0 Å². The van der Waals surface area contributed by atoms with E-state index in [1.807, 2.05) is 55.1 Å². The number of amides is 1. The average molecular weight is 410 g/mol. The van der Waals surface area contributed by atoms with Gasteiger partial charge < -0.3 is 9.64 Å². The molecule has 2 aromatic carbocycles. The highest BCUT2D eigenvalue weighted by Gasteiger charge is 2.30. The Kier molecular flexibility index (Phi) is 5.92. The fourth-order valence-corrected chi connectivity index (χ4v) is 4.37. The van der Waals surface area contributed by atoms with Crippen LogP contribution in [-0.2, 0) is 9.53 Å². The van der Waals surface area contributed by atoms with Crippen LogP contribution in [0.3, 0.4) is 0 Å². The molecule has 1 amide bonds. The second-order valence-electron chi connectivity index (χ2n) is 7.01. The Morgan fingerprint density at radius 2 is 1.86 bits per heavy atom. The molecule has 4 rings (SSSR count). The largest absolute Gasteiger partial charge is 0.378 e. The molecule has 0 spiro atoms. The molecule has 2 heterocycles. The van der Waals surface area contributed by atoms with Gasteiger partial charge in [0.1, 0.15) is 5.25 Å². The summed E-state index contributed by atoms with van der Waals surface area (Å²) in [5, 5.41) is 12.5. The predicted molar refractivity (Wildman–Crippen MR) is 111 cm³/mol. The molecule has 1 aliphatic heterocycles. The molecular weight excluding hydrogens is 386 g/mol. The molecule has 150 valence electrons. The third-order valence-corrected chi connectivity index (χ3v) is 6.08. The molecule has 29 heavy (non-hydrogen) atoms. The topological polar surface area (TPSA) is 73.1 Å². The number of nitrogens with zero attached hydrogens (tertiary/aromatic N) is 5. The smallest absolute Gasteiger partial charge is 0.240 e. The average Bonchev–Trinajstić information content (AvgIpc) is 3.22. The summed E-state index contributed by atoms with van der Waals surface area (Å²) in [6.07, 6.45) is 0. The van der Waals surface area contributed by atoms with E-state index in [2.05, 4.69) is 27.7 Å². The molecule has 1 aliphatic rings. The molecule has 0 unspecified atom stereocenters. The quantitative estimate of drug-likeness (QED) is 0.603. The van der Waals surface area contributed by atoms with Gasteiger partial charge in [0.25, 0.3) is 0 Å². The minimum Gasteiger partial charge on any atom is -0.378 e. The summed E-state index contributed by atoms with van der Waals surface area (Å²) in [7, 11) is 0. The highest BCUT2D eigenvalue weighted by molar-refractivity contribution is 8.00. The Morgan fingerprint density at radius 3 is 2.62 bits per heavy atom. The van der Waals surface area contributed by atoms with Crippen molar-refractivity contribution < 1.29 is 9.53 Å². The number of aryl methyl sites for hydroxylation is 2. The van der Waals surface area contributed by atoms with Crippen molar-refractivity contribution in [2.24, 2.45) is 0 Å². The van der Waals surface area contributed by atoms with Crippen molar-refractivity contribution in [2.45, 2.75) is 24.3 Å². The lowest BCUT2D eigenvalue weighted by molar-refractivity contribution is -0.134. The first-order chi connectivity index (χ1) is 14.1. The predicted octanol–water partition coefficient (Wildman–Crippen LogP) is 2.97. The monoisotopic (exact) mass is 409 g/mol. The third-order valence-electron chi connectivity index (χ3n) is 4.91. The van der Waals surface area contributed by atoms with Gasteiger partial charge in [-0.3, -0.25) is 4.79 Å². The lowest BCUT2D eigenvalue weighted by atomic mass is 10.1. The lowest BCUT2D eigenvalue weighted by Gasteiger charge is -2.30.